The van der Waals surface area contributed by atoms with E-state index in [1.165, 1.54) is 49.8 Å². The Morgan fingerprint density at radius 2 is 1.63 bits per heavy atom. The van der Waals surface area contributed by atoms with Crippen LogP contribution in [0.5, 0.6) is 23.0 Å². The van der Waals surface area contributed by atoms with Crippen LogP contribution in [0, 0.1) is 6.92 Å². The number of benzene rings is 3. The smallest absolute Gasteiger partial charge is 0.264 e. The molecule has 0 saturated carbocycles. The Balaban J connectivity index is 1.38. The van der Waals surface area contributed by atoms with E-state index in [-0.39, 0.29) is 18.4 Å². The van der Waals surface area contributed by atoms with Gasteiger partial charge in [-0.1, -0.05) is 36.5 Å². The van der Waals surface area contributed by atoms with Gasteiger partial charge in [0.25, 0.3) is 5.91 Å². The maximum Gasteiger partial charge on any atom is 0.264 e. The van der Waals surface area contributed by atoms with Crippen molar-refractivity contribution in [1.82, 2.24) is 14.8 Å². The second-order valence-corrected chi connectivity index (χ2v) is 10.8. The lowest BCUT2D eigenvalue weighted by Crippen LogP contribution is -2.20. The molecule has 0 aliphatic carbocycles. The van der Waals surface area contributed by atoms with Crippen molar-refractivity contribution < 1.29 is 28.5 Å². The molecule has 0 bridgehead atoms. The van der Waals surface area contributed by atoms with Crippen LogP contribution >= 0.6 is 11.3 Å². The number of thiazole rings is 1. The molecule has 0 spiro atoms. The number of hydrogen-bond donors (Lipinski definition) is 1. The van der Waals surface area contributed by atoms with Crippen LogP contribution in [0.4, 0.5) is 5.13 Å². The normalized spacial score (nSPS) is 10.9. The fraction of sp³-hybridized carbons (Fsp3) is 0.250. The minimum Gasteiger partial charge on any atom is -0.493 e. The molecule has 2 aromatic heterocycles. The molecule has 5 aromatic rings. The second-order valence-electron chi connectivity index (χ2n) is 9.75. The fourth-order valence-corrected chi connectivity index (χ4v) is 5.60. The lowest BCUT2D eigenvalue weighted by molar-refractivity contribution is -0.118. The van der Waals surface area contributed by atoms with Crippen LogP contribution in [0.15, 0.2) is 54.6 Å². The van der Waals surface area contributed by atoms with Gasteiger partial charge in [-0.25, -0.2) is 4.98 Å². The van der Waals surface area contributed by atoms with Crippen molar-refractivity contribution in [1.29, 1.82) is 0 Å². The molecule has 2 heterocycles. The molecule has 3 aromatic carbocycles. The molecule has 11 heteroatoms. The number of aromatic nitrogens is 3. The van der Waals surface area contributed by atoms with E-state index in [9.17, 15) is 9.59 Å². The third-order valence-electron chi connectivity index (χ3n) is 6.92. The molecular formula is C32H32N4O6S. The molecule has 0 saturated heterocycles. The van der Waals surface area contributed by atoms with Gasteiger partial charge in [0, 0.05) is 18.1 Å². The van der Waals surface area contributed by atoms with Gasteiger partial charge in [-0.2, -0.15) is 9.78 Å². The van der Waals surface area contributed by atoms with Crippen LogP contribution < -0.4 is 24.3 Å². The van der Waals surface area contributed by atoms with Crippen molar-refractivity contribution in [2.75, 3.05) is 33.3 Å². The van der Waals surface area contributed by atoms with Gasteiger partial charge in [-0.05, 0) is 60.9 Å². The van der Waals surface area contributed by atoms with E-state index >= 15 is 0 Å². The average Bonchev–Trinajstić information content (AvgIpc) is 3.64. The topological polar surface area (TPSA) is 114 Å². The number of aryl methyl sites for hydroxylation is 2. The second kappa shape index (κ2) is 12.5. The van der Waals surface area contributed by atoms with Crippen LogP contribution in [0.25, 0.3) is 32.7 Å². The first-order valence-corrected chi connectivity index (χ1v) is 14.4. The molecule has 0 aliphatic rings. The van der Waals surface area contributed by atoms with Crippen LogP contribution in [-0.4, -0.2) is 54.5 Å². The zero-order valence-corrected chi connectivity index (χ0v) is 25.6. The lowest BCUT2D eigenvalue weighted by atomic mass is 10.1. The van der Waals surface area contributed by atoms with Crippen molar-refractivity contribution in [2.24, 2.45) is 0 Å². The Labute approximate surface area is 253 Å². The number of rotatable bonds is 10. The summed E-state index contributed by atoms with van der Waals surface area (Å²) in [6.45, 7) is 5.22. The Morgan fingerprint density at radius 3 is 2.28 bits per heavy atom. The summed E-state index contributed by atoms with van der Waals surface area (Å²) in [5.41, 5.74) is 5.36. The summed E-state index contributed by atoms with van der Waals surface area (Å²) >= 11 is 1.43. The highest BCUT2D eigenvalue weighted by atomic mass is 32.1. The molecule has 1 N–H and O–H groups in total. The van der Waals surface area contributed by atoms with Gasteiger partial charge < -0.3 is 18.9 Å². The van der Waals surface area contributed by atoms with Crippen molar-refractivity contribution in [2.45, 2.75) is 27.2 Å². The summed E-state index contributed by atoms with van der Waals surface area (Å²) in [5, 5.41) is 7.92. The third-order valence-corrected chi connectivity index (χ3v) is 7.85. The zero-order chi connectivity index (χ0) is 30.7. The number of nitrogens with one attached hydrogen (secondary N) is 1. The molecule has 0 aliphatic heterocycles. The Bertz CT molecular complexity index is 1800. The number of carbonyl (C=O) groups is 2. The minimum atomic E-state index is -0.321. The summed E-state index contributed by atoms with van der Waals surface area (Å²) in [6.07, 6.45) is 0.932. The van der Waals surface area contributed by atoms with Crippen LogP contribution in [0.3, 0.4) is 0 Å². The lowest BCUT2D eigenvalue weighted by Gasteiger charge is -2.13. The van der Waals surface area contributed by atoms with Crippen molar-refractivity contribution in [3.8, 4) is 45.5 Å². The first-order chi connectivity index (χ1) is 20.7. The van der Waals surface area contributed by atoms with E-state index in [2.05, 4.69) is 28.4 Å². The SMILES string of the molecule is CCc1ccc2nc(NC(=O)COc3cc(-c4cc(-c5cc(OC)c(OC)c(OC)c5)nn4C(C)=O)ccc3C)sc2c1. The van der Waals surface area contributed by atoms with Crippen LogP contribution in [-0.2, 0) is 11.2 Å². The molecule has 0 radical (unpaired) electrons. The molecule has 1 amide bonds. The molecular weight excluding hydrogens is 568 g/mol. The van der Waals surface area contributed by atoms with Gasteiger partial charge in [0.05, 0.1) is 42.9 Å². The highest BCUT2D eigenvalue weighted by Gasteiger charge is 2.20. The van der Waals surface area contributed by atoms with Crippen molar-refractivity contribution in [3.63, 3.8) is 0 Å². The number of methoxy groups -OCH3 is 3. The van der Waals surface area contributed by atoms with E-state index < -0.39 is 0 Å². The van der Waals surface area contributed by atoms with Crippen LogP contribution in [0.1, 0.15) is 29.8 Å². The monoisotopic (exact) mass is 600 g/mol. The van der Waals surface area contributed by atoms with Gasteiger partial charge in [0.1, 0.15) is 5.75 Å². The molecule has 0 atom stereocenters. The molecule has 10 nitrogen and oxygen atoms in total. The summed E-state index contributed by atoms with van der Waals surface area (Å²) < 4.78 is 24.7. The van der Waals surface area contributed by atoms with Gasteiger partial charge in [-0.3, -0.25) is 14.9 Å². The van der Waals surface area contributed by atoms with E-state index in [0.29, 0.717) is 50.6 Å². The number of anilines is 1. The van der Waals surface area contributed by atoms with E-state index in [4.69, 9.17) is 18.9 Å². The standard InChI is InChI=1S/C32H32N4O6S/c1-7-20-9-11-23-29(12-20)43-32(33-23)34-30(38)17-42-26-13-21(10-8-18(26)2)25-16-24(35-36(25)19(3)37)22-14-27(39-4)31(41-6)28(15-22)40-5/h8-16H,7,17H2,1-6H3,(H,33,34,38). The predicted octanol–water partition coefficient (Wildman–Crippen LogP) is 6.40. The fourth-order valence-electron chi connectivity index (χ4n) is 4.65. The molecule has 5 rings (SSSR count). The highest BCUT2D eigenvalue weighted by molar-refractivity contribution is 7.22. The molecule has 43 heavy (non-hydrogen) atoms. The van der Waals surface area contributed by atoms with Gasteiger partial charge in [-0.15, -0.1) is 0 Å². The predicted molar refractivity (Wildman–Crippen MR) is 167 cm³/mol. The first kappa shape index (κ1) is 29.6. The minimum absolute atomic E-state index is 0.205. The first-order valence-electron chi connectivity index (χ1n) is 13.6. The molecule has 0 fully saturated rings. The quantitative estimate of drug-likeness (QED) is 0.196. The van der Waals surface area contributed by atoms with Gasteiger partial charge >= 0.3 is 0 Å². The Kier molecular flexibility index (Phi) is 8.63. The van der Waals surface area contributed by atoms with E-state index in [0.717, 1.165) is 22.2 Å². The van der Waals surface area contributed by atoms with Gasteiger partial charge in [0.2, 0.25) is 11.7 Å². The average molecular weight is 601 g/mol. The van der Waals surface area contributed by atoms with E-state index in [1.807, 2.05) is 31.2 Å². The number of fused-ring (bicyclic) bond motifs is 1. The van der Waals surface area contributed by atoms with Crippen LogP contribution in [0.2, 0.25) is 0 Å². The summed E-state index contributed by atoms with van der Waals surface area (Å²) in [6, 6.07) is 17.0. The summed E-state index contributed by atoms with van der Waals surface area (Å²) in [4.78, 5) is 29.9. The zero-order valence-electron chi connectivity index (χ0n) is 24.8. The number of carbonyl (C=O) groups excluding carboxylic acids is 2. The molecule has 0 unspecified atom stereocenters. The Hall–Kier alpha value is -4.90. The highest BCUT2D eigenvalue weighted by Crippen LogP contribution is 2.41. The maximum atomic E-state index is 12.7. The molecule has 222 valence electrons. The number of ether oxygens (including phenoxy) is 4. The van der Waals surface area contributed by atoms with Gasteiger partial charge in [0.15, 0.2) is 23.2 Å². The number of amides is 1. The van der Waals surface area contributed by atoms with Crippen molar-refractivity contribution in [3.05, 3.63) is 65.7 Å². The maximum absolute atomic E-state index is 12.7. The third kappa shape index (κ3) is 6.17. The number of hydrogen-bond acceptors (Lipinski definition) is 9. The van der Waals surface area contributed by atoms with Crippen molar-refractivity contribution >= 4 is 38.5 Å². The largest absolute Gasteiger partial charge is 0.493 e. The number of nitrogens with zero attached hydrogens (tertiary/aromatic N) is 3. The van der Waals surface area contributed by atoms with E-state index in [1.54, 1.807) is 24.3 Å². The summed E-state index contributed by atoms with van der Waals surface area (Å²) in [5.74, 6) is 1.32. The summed E-state index contributed by atoms with van der Waals surface area (Å²) in [7, 11) is 4.61. The Morgan fingerprint density at radius 1 is 0.907 bits per heavy atom.